The maximum Gasteiger partial charge on any atom is 1.00 e. The van der Waals surface area contributed by atoms with E-state index in [1.54, 1.807) is 0 Å². The fourth-order valence-electron chi connectivity index (χ4n) is 0.452. The number of aliphatic hydroxyl groups is 1. The Morgan fingerprint density at radius 3 is 2.58 bits per heavy atom. The van der Waals surface area contributed by atoms with E-state index >= 15 is 0 Å². The molecule has 0 aromatic carbocycles. The largest absolute Gasteiger partial charge is 1.00 e. The molecular weight excluding hydrogens is 191 g/mol. The number of hydrogen-bond donors (Lipinski definition) is 1. The van der Waals surface area contributed by atoms with Crippen LogP contribution in [0.1, 0.15) is 7.85 Å². The molecule has 1 N–H and O–H groups in total. The fraction of sp³-hybridized carbons (Fsp3) is 0.667. The second-order valence-corrected chi connectivity index (χ2v) is 3.67. The van der Waals surface area contributed by atoms with Crippen LogP contribution in [0.15, 0.2) is 12.7 Å². The van der Waals surface area contributed by atoms with Crippen LogP contribution >= 0.6 is 0 Å². The molecule has 0 fully saturated rings. The van der Waals surface area contributed by atoms with Gasteiger partial charge in [0.15, 0.2) is 0 Å². The van der Waals surface area contributed by atoms with Crippen LogP contribution in [0.2, 0.25) is 0 Å². The van der Waals surface area contributed by atoms with Gasteiger partial charge in [0, 0.05) is 6.61 Å². The van der Waals surface area contributed by atoms with E-state index in [-0.39, 0.29) is 56.4 Å². The van der Waals surface area contributed by atoms with Crippen molar-refractivity contribution in [2.24, 2.45) is 0 Å². The maximum absolute atomic E-state index is 10.8. The smallest absolute Gasteiger partial charge is 1.00 e. The van der Waals surface area contributed by atoms with E-state index < -0.39 is 10.1 Å². The van der Waals surface area contributed by atoms with E-state index in [2.05, 4.69) is 10.8 Å². The van der Waals surface area contributed by atoms with Crippen molar-refractivity contribution in [1.29, 1.82) is 0 Å². The van der Waals surface area contributed by atoms with Crippen LogP contribution in [0.3, 0.4) is 0 Å². The van der Waals surface area contributed by atoms with Gasteiger partial charge < -0.3 is 6.53 Å². The molecule has 0 aliphatic carbocycles. The fourth-order valence-corrected chi connectivity index (χ4v) is 1.36. The third-order valence-electron chi connectivity index (χ3n) is 0.918. The minimum atomic E-state index is -3.44. The van der Waals surface area contributed by atoms with E-state index in [0.717, 1.165) is 0 Å². The summed E-state index contributed by atoms with van der Waals surface area (Å²) in [6.07, 6.45) is 1.57. The molecular formula is C6H13NaO4S. The zero-order chi connectivity index (χ0) is 8.74. The van der Waals surface area contributed by atoms with Gasteiger partial charge in [-0.1, -0.05) is 6.08 Å². The van der Waals surface area contributed by atoms with Crippen molar-refractivity contribution in [1.82, 2.24) is 0 Å². The zero-order valence-electron chi connectivity index (χ0n) is 8.19. The molecule has 0 spiro atoms. The van der Waals surface area contributed by atoms with Crippen molar-refractivity contribution in [2.45, 2.75) is 6.42 Å². The molecule has 0 aliphatic heterocycles. The quantitative estimate of drug-likeness (QED) is 0.285. The first-order valence-corrected chi connectivity index (χ1v) is 4.79. The molecule has 6 heteroatoms. The summed E-state index contributed by atoms with van der Waals surface area (Å²) in [6, 6.07) is 0. The standard InChI is InChI=1S/C6H12O4S.Na.H/c1-2-5-10-11(8,9)6-3-4-7;;/h2,7H,1,3-6H2;;/q;+1;-1. The topological polar surface area (TPSA) is 63.6 Å². The van der Waals surface area contributed by atoms with Gasteiger partial charge in [0.05, 0.1) is 12.4 Å². The van der Waals surface area contributed by atoms with Gasteiger partial charge in [0.1, 0.15) is 0 Å². The molecule has 0 aliphatic rings. The normalized spacial score (nSPS) is 10.4. The molecule has 12 heavy (non-hydrogen) atoms. The van der Waals surface area contributed by atoms with Crippen LogP contribution in [-0.4, -0.2) is 32.5 Å². The Bertz CT molecular complexity index is 205. The van der Waals surface area contributed by atoms with Crippen LogP contribution in [0.5, 0.6) is 0 Å². The average molecular weight is 204 g/mol. The molecule has 0 atom stereocenters. The SMILES string of the molecule is C=CCOS(=O)(=O)CCCO.[H-].[Na+]. The van der Waals surface area contributed by atoms with Gasteiger partial charge in [-0.2, -0.15) is 8.42 Å². The van der Waals surface area contributed by atoms with Gasteiger partial charge >= 0.3 is 29.6 Å². The molecule has 0 saturated heterocycles. The molecule has 0 bridgehead atoms. The Morgan fingerprint density at radius 1 is 1.58 bits per heavy atom. The Hall–Kier alpha value is 0.610. The van der Waals surface area contributed by atoms with E-state index in [9.17, 15) is 8.42 Å². The van der Waals surface area contributed by atoms with E-state index in [1.165, 1.54) is 6.08 Å². The van der Waals surface area contributed by atoms with Crippen molar-refractivity contribution in [3.63, 3.8) is 0 Å². The minimum Gasteiger partial charge on any atom is -1.00 e. The molecule has 0 unspecified atom stereocenters. The van der Waals surface area contributed by atoms with Gasteiger partial charge in [0.25, 0.3) is 10.1 Å². The maximum atomic E-state index is 10.8. The van der Waals surface area contributed by atoms with E-state index in [4.69, 9.17) is 5.11 Å². The molecule has 0 radical (unpaired) electrons. The predicted octanol–water partition coefficient (Wildman–Crippen LogP) is -2.98. The van der Waals surface area contributed by atoms with Gasteiger partial charge in [-0.25, -0.2) is 0 Å². The average Bonchev–Trinajstić information content (AvgIpc) is 1.97. The first-order valence-electron chi connectivity index (χ1n) is 3.21. The van der Waals surface area contributed by atoms with Gasteiger partial charge in [-0.15, -0.1) is 6.58 Å². The second-order valence-electron chi connectivity index (χ2n) is 1.91. The molecule has 0 heterocycles. The summed E-state index contributed by atoms with van der Waals surface area (Å²) >= 11 is 0. The number of aliphatic hydroxyl groups excluding tert-OH is 1. The number of hydrogen-bond acceptors (Lipinski definition) is 4. The molecule has 68 valence electrons. The summed E-state index contributed by atoms with van der Waals surface area (Å²) < 4.78 is 26.0. The van der Waals surface area contributed by atoms with Crippen LogP contribution in [0.4, 0.5) is 0 Å². The van der Waals surface area contributed by atoms with Crippen LogP contribution in [0, 0.1) is 0 Å². The van der Waals surface area contributed by atoms with Gasteiger partial charge in [-0.05, 0) is 6.42 Å². The molecule has 0 aromatic rings. The first-order chi connectivity index (χ1) is 5.12. The van der Waals surface area contributed by atoms with Crippen molar-refractivity contribution in [3.8, 4) is 0 Å². The zero-order valence-corrected chi connectivity index (χ0v) is 10.0. The molecule has 0 aromatic heterocycles. The molecule has 0 saturated carbocycles. The first kappa shape index (κ1) is 15.1. The molecule has 0 rings (SSSR count). The van der Waals surface area contributed by atoms with E-state index in [0.29, 0.717) is 0 Å². The minimum absolute atomic E-state index is 0. The third kappa shape index (κ3) is 8.70. The summed E-state index contributed by atoms with van der Waals surface area (Å²) in [6.45, 7) is 3.16. The summed E-state index contributed by atoms with van der Waals surface area (Å²) in [5.74, 6) is -0.142. The van der Waals surface area contributed by atoms with Crippen molar-refractivity contribution in [2.75, 3.05) is 19.0 Å². The van der Waals surface area contributed by atoms with Crippen LogP contribution in [0.25, 0.3) is 0 Å². The number of rotatable bonds is 6. The summed E-state index contributed by atoms with van der Waals surface area (Å²) in [4.78, 5) is 0. The summed E-state index contributed by atoms with van der Waals surface area (Å²) in [7, 11) is -3.44. The van der Waals surface area contributed by atoms with Crippen molar-refractivity contribution >= 4 is 10.1 Å². The summed E-state index contributed by atoms with van der Waals surface area (Å²) in [5, 5.41) is 8.31. The Kier molecular flexibility index (Phi) is 10.3. The summed E-state index contributed by atoms with van der Waals surface area (Å²) in [5.41, 5.74) is 0. The van der Waals surface area contributed by atoms with Crippen LogP contribution < -0.4 is 29.6 Å². The van der Waals surface area contributed by atoms with Gasteiger partial charge in [0.2, 0.25) is 0 Å². The monoisotopic (exact) mass is 204 g/mol. The van der Waals surface area contributed by atoms with Gasteiger partial charge in [-0.3, -0.25) is 4.18 Å². The van der Waals surface area contributed by atoms with Crippen molar-refractivity contribution < 1.29 is 48.7 Å². The molecule has 4 nitrogen and oxygen atoms in total. The predicted molar refractivity (Wildman–Crippen MR) is 42.8 cm³/mol. The molecule has 0 amide bonds. The van der Waals surface area contributed by atoms with Crippen LogP contribution in [-0.2, 0) is 14.3 Å². The second kappa shape index (κ2) is 8.22. The van der Waals surface area contributed by atoms with E-state index in [1.807, 2.05) is 0 Å². The Balaban J connectivity index is -0.000000500. The van der Waals surface area contributed by atoms with Crippen molar-refractivity contribution in [3.05, 3.63) is 12.7 Å². The Morgan fingerprint density at radius 2 is 2.17 bits per heavy atom. The Labute approximate surface area is 96.5 Å². The third-order valence-corrected chi connectivity index (χ3v) is 2.20.